The minimum Gasteiger partial charge on any atom is -0.479 e. The molecule has 7 heteroatoms. The van der Waals surface area contributed by atoms with Crippen molar-refractivity contribution in [2.75, 3.05) is 13.7 Å². The fraction of sp³-hybridized carbons (Fsp3) is 0.357. The van der Waals surface area contributed by atoms with Gasteiger partial charge in [-0.05, 0) is 24.6 Å². The van der Waals surface area contributed by atoms with E-state index in [9.17, 15) is 0 Å². The molecule has 114 valence electrons. The lowest BCUT2D eigenvalue weighted by atomic mass is 10.3. The topological polar surface area (TPSA) is 56.5 Å². The lowest BCUT2D eigenvalue weighted by Crippen LogP contribution is -2.06. The highest BCUT2D eigenvalue weighted by atomic mass is 35.5. The number of halogens is 2. The van der Waals surface area contributed by atoms with E-state index in [0.29, 0.717) is 40.4 Å². The fourth-order valence-electron chi connectivity index (χ4n) is 1.96. The number of rotatable bonds is 6. The number of hydrogen-bond donors (Lipinski definition) is 1. The van der Waals surface area contributed by atoms with E-state index in [1.807, 2.05) is 6.92 Å². The standard InChI is InChI=1S/C14H16Cl2N2O3/c1-3-12-13(14(20-2)18(17-12)4-5-19)21-11-7-9(15)6-10(16)8-11/h6-8,19H,3-5H2,1-2H3. The summed E-state index contributed by atoms with van der Waals surface area (Å²) in [6, 6.07) is 4.95. The van der Waals surface area contributed by atoms with Crippen LogP contribution in [0.2, 0.25) is 10.0 Å². The summed E-state index contributed by atoms with van der Waals surface area (Å²) in [6.45, 7) is 2.25. The predicted molar refractivity (Wildman–Crippen MR) is 81.8 cm³/mol. The highest BCUT2D eigenvalue weighted by Crippen LogP contribution is 2.37. The Kier molecular flexibility index (Phi) is 5.33. The van der Waals surface area contributed by atoms with E-state index >= 15 is 0 Å². The molecule has 0 unspecified atom stereocenters. The molecule has 0 aliphatic heterocycles. The molecular weight excluding hydrogens is 315 g/mol. The van der Waals surface area contributed by atoms with Crippen LogP contribution in [0.4, 0.5) is 0 Å². The van der Waals surface area contributed by atoms with Gasteiger partial charge in [0.1, 0.15) is 11.4 Å². The van der Waals surface area contributed by atoms with E-state index in [2.05, 4.69) is 5.10 Å². The van der Waals surface area contributed by atoms with Crippen molar-refractivity contribution in [3.05, 3.63) is 33.9 Å². The number of aromatic nitrogens is 2. The van der Waals surface area contributed by atoms with Crippen molar-refractivity contribution >= 4 is 23.2 Å². The van der Waals surface area contributed by atoms with Crippen LogP contribution in [-0.4, -0.2) is 28.6 Å². The lowest BCUT2D eigenvalue weighted by Gasteiger charge is -2.09. The first-order valence-corrected chi connectivity index (χ1v) is 7.23. The Bertz CT molecular complexity index is 609. The fourth-order valence-corrected chi connectivity index (χ4v) is 2.47. The quantitative estimate of drug-likeness (QED) is 0.880. The third kappa shape index (κ3) is 3.61. The molecule has 0 aliphatic rings. The SMILES string of the molecule is CCc1nn(CCO)c(OC)c1Oc1cc(Cl)cc(Cl)c1. The van der Waals surface area contributed by atoms with Crippen molar-refractivity contribution in [3.63, 3.8) is 0 Å². The molecule has 0 bridgehead atoms. The molecule has 0 saturated heterocycles. The molecule has 5 nitrogen and oxygen atoms in total. The third-order valence-electron chi connectivity index (χ3n) is 2.83. The smallest absolute Gasteiger partial charge is 0.256 e. The molecule has 1 aromatic carbocycles. The number of methoxy groups -OCH3 is 1. The molecule has 0 atom stereocenters. The van der Waals surface area contributed by atoms with E-state index < -0.39 is 0 Å². The molecule has 0 radical (unpaired) electrons. The highest BCUT2D eigenvalue weighted by Gasteiger charge is 2.20. The van der Waals surface area contributed by atoms with Gasteiger partial charge in [-0.15, -0.1) is 0 Å². The molecule has 0 fully saturated rings. The Labute approximate surface area is 133 Å². The molecule has 21 heavy (non-hydrogen) atoms. The molecular formula is C14H16Cl2N2O3. The normalized spacial score (nSPS) is 10.7. The van der Waals surface area contributed by atoms with Crippen molar-refractivity contribution in [1.82, 2.24) is 9.78 Å². The zero-order chi connectivity index (χ0) is 15.4. The largest absolute Gasteiger partial charge is 0.479 e. The summed E-state index contributed by atoms with van der Waals surface area (Å²) in [5, 5.41) is 14.4. The Morgan fingerprint density at radius 3 is 2.43 bits per heavy atom. The summed E-state index contributed by atoms with van der Waals surface area (Å²) in [5.74, 6) is 1.47. The first kappa shape index (κ1) is 15.9. The van der Waals surface area contributed by atoms with Crippen molar-refractivity contribution < 1.29 is 14.6 Å². The van der Waals surface area contributed by atoms with Gasteiger partial charge in [0.05, 0.1) is 20.3 Å². The van der Waals surface area contributed by atoms with E-state index in [1.165, 1.54) is 7.11 Å². The number of aryl methyl sites for hydroxylation is 1. The van der Waals surface area contributed by atoms with Gasteiger partial charge in [0.15, 0.2) is 0 Å². The Morgan fingerprint density at radius 2 is 1.90 bits per heavy atom. The Morgan fingerprint density at radius 1 is 1.24 bits per heavy atom. The average Bonchev–Trinajstić information content (AvgIpc) is 2.75. The van der Waals surface area contributed by atoms with Crippen LogP contribution in [-0.2, 0) is 13.0 Å². The van der Waals surface area contributed by atoms with Crippen LogP contribution in [0, 0.1) is 0 Å². The van der Waals surface area contributed by atoms with Gasteiger partial charge in [0, 0.05) is 10.0 Å². The second-order valence-corrected chi connectivity index (χ2v) is 5.17. The number of nitrogens with zero attached hydrogens (tertiary/aromatic N) is 2. The van der Waals surface area contributed by atoms with Crippen LogP contribution in [0.25, 0.3) is 0 Å². The molecule has 1 heterocycles. The van der Waals surface area contributed by atoms with Crippen LogP contribution < -0.4 is 9.47 Å². The molecule has 1 N–H and O–H groups in total. The second kappa shape index (κ2) is 7.02. The number of aliphatic hydroxyl groups excluding tert-OH is 1. The van der Waals surface area contributed by atoms with Crippen molar-refractivity contribution in [1.29, 1.82) is 0 Å². The zero-order valence-electron chi connectivity index (χ0n) is 11.8. The molecule has 0 amide bonds. The number of ether oxygens (including phenoxy) is 2. The Hall–Kier alpha value is -1.43. The van der Waals surface area contributed by atoms with E-state index in [-0.39, 0.29) is 6.61 Å². The van der Waals surface area contributed by atoms with Gasteiger partial charge < -0.3 is 14.6 Å². The predicted octanol–water partition coefficient (Wildman–Crippen LogP) is 3.55. The van der Waals surface area contributed by atoms with Gasteiger partial charge in [-0.1, -0.05) is 30.1 Å². The van der Waals surface area contributed by atoms with Gasteiger partial charge in [-0.2, -0.15) is 5.10 Å². The Balaban J connectivity index is 2.41. The van der Waals surface area contributed by atoms with Gasteiger partial charge in [0.2, 0.25) is 5.75 Å². The van der Waals surface area contributed by atoms with Gasteiger partial charge in [-0.25, -0.2) is 4.68 Å². The second-order valence-electron chi connectivity index (χ2n) is 4.29. The summed E-state index contributed by atoms with van der Waals surface area (Å²) in [6.07, 6.45) is 0.665. The number of hydrogen-bond acceptors (Lipinski definition) is 4. The van der Waals surface area contributed by atoms with E-state index in [0.717, 1.165) is 5.69 Å². The molecule has 2 rings (SSSR count). The van der Waals surface area contributed by atoms with Crippen LogP contribution in [0.1, 0.15) is 12.6 Å². The van der Waals surface area contributed by atoms with Crippen molar-refractivity contribution in [2.24, 2.45) is 0 Å². The summed E-state index contributed by atoms with van der Waals surface area (Å²) in [5.41, 5.74) is 0.733. The van der Waals surface area contributed by atoms with Crippen LogP contribution in [0.15, 0.2) is 18.2 Å². The molecule has 0 aliphatic carbocycles. The van der Waals surface area contributed by atoms with Gasteiger partial charge in [0.25, 0.3) is 5.88 Å². The summed E-state index contributed by atoms with van der Waals surface area (Å²) in [7, 11) is 1.53. The molecule has 0 spiro atoms. The monoisotopic (exact) mass is 330 g/mol. The van der Waals surface area contributed by atoms with Crippen molar-refractivity contribution in [2.45, 2.75) is 19.9 Å². The minimum atomic E-state index is -0.0381. The number of aliphatic hydroxyl groups is 1. The third-order valence-corrected chi connectivity index (χ3v) is 3.26. The minimum absolute atomic E-state index is 0.0381. The molecule has 0 saturated carbocycles. The maximum absolute atomic E-state index is 9.08. The van der Waals surface area contributed by atoms with Crippen LogP contribution in [0.3, 0.4) is 0 Å². The van der Waals surface area contributed by atoms with Crippen LogP contribution in [0.5, 0.6) is 17.4 Å². The summed E-state index contributed by atoms with van der Waals surface area (Å²) in [4.78, 5) is 0. The molecule has 2 aromatic rings. The van der Waals surface area contributed by atoms with E-state index in [4.69, 9.17) is 37.8 Å². The van der Waals surface area contributed by atoms with Crippen molar-refractivity contribution in [3.8, 4) is 17.4 Å². The number of benzene rings is 1. The maximum Gasteiger partial charge on any atom is 0.256 e. The van der Waals surface area contributed by atoms with Crippen LogP contribution >= 0.6 is 23.2 Å². The average molecular weight is 331 g/mol. The first-order valence-electron chi connectivity index (χ1n) is 6.47. The summed E-state index contributed by atoms with van der Waals surface area (Å²) >= 11 is 11.9. The first-order chi connectivity index (χ1) is 10.1. The zero-order valence-corrected chi connectivity index (χ0v) is 13.3. The molecule has 1 aromatic heterocycles. The van der Waals surface area contributed by atoms with E-state index in [1.54, 1.807) is 22.9 Å². The summed E-state index contributed by atoms with van der Waals surface area (Å²) < 4.78 is 12.8. The maximum atomic E-state index is 9.08. The van der Waals surface area contributed by atoms with Gasteiger partial charge >= 0.3 is 0 Å². The van der Waals surface area contributed by atoms with Gasteiger partial charge in [-0.3, -0.25) is 0 Å². The lowest BCUT2D eigenvalue weighted by molar-refractivity contribution is 0.253. The highest BCUT2D eigenvalue weighted by molar-refractivity contribution is 6.34.